The number of carbonyl (C=O) groups excluding carboxylic acids is 2. The van der Waals surface area contributed by atoms with E-state index < -0.39 is 0 Å². The normalized spacial score (nSPS) is 9.37. The Kier molecular flexibility index (Phi) is 8.57. The van der Waals surface area contributed by atoms with Gasteiger partial charge in [0.25, 0.3) is 0 Å². The van der Waals surface area contributed by atoms with Crippen molar-refractivity contribution in [1.82, 2.24) is 5.32 Å². The van der Waals surface area contributed by atoms with Crippen LogP contribution in [0, 0.1) is 0 Å². The number of benzene rings is 1. The molecule has 19 heavy (non-hydrogen) atoms. The fourth-order valence-electron chi connectivity index (χ4n) is 1.58. The zero-order chi connectivity index (χ0) is 13.4. The van der Waals surface area contributed by atoms with Gasteiger partial charge in [-0.25, -0.2) is 0 Å². The van der Waals surface area contributed by atoms with Gasteiger partial charge in [-0.1, -0.05) is 31.5 Å². The monoisotopic (exact) mass is 285 g/mol. The first-order chi connectivity index (χ1) is 8.67. The lowest BCUT2D eigenvalue weighted by Crippen LogP contribution is -2.36. The number of carbonyl (C=O) groups is 2. The van der Waals surface area contributed by atoms with Crippen LogP contribution in [0.3, 0.4) is 0 Å². The van der Waals surface area contributed by atoms with E-state index in [9.17, 15) is 9.59 Å². The fraction of sp³-hybridized carbons (Fsp3) is 0.385. The SMILES string of the molecule is CCCc1ccccc1NC(=O)CNC(=O)CN.Cl. The van der Waals surface area contributed by atoms with Crippen LogP contribution in [0.15, 0.2) is 24.3 Å². The van der Waals surface area contributed by atoms with Crippen LogP contribution in [-0.4, -0.2) is 24.9 Å². The van der Waals surface area contributed by atoms with Crippen molar-refractivity contribution < 1.29 is 9.59 Å². The Balaban J connectivity index is 0.00000324. The van der Waals surface area contributed by atoms with Gasteiger partial charge in [-0.3, -0.25) is 9.59 Å². The van der Waals surface area contributed by atoms with E-state index in [1.165, 1.54) is 0 Å². The smallest absolute Gasteiger partial charge is 0.243 e. The number of hydrogen-bond acceptors (Lipinski definition) is 3. The third-order valence-electron chi connectivity index (χ3n) is 2.44. The summed E-state index contributed by atoms with van der Waals surface area (Å²) in [5.74, 6) is -0.590. The highest BCUT2D eigenvalue weighted by Crippen LogP contribution is 2.16. The molecule has 0 atom stereocenters. The molecule has 0 unspecified atom stereocenters. The molecule has 0 saturated carbocycles. The predicted octanol–water partition coefficient (Wildman–Crippen LogP) is 1.07. The Bertz CT molecular complexity index is 424. The second-order valence-electron chi connectivity index (χ2n) is 3.94. The van der Waals surface area contributed by atoms with Crippen molar-refractivity contribution in [2.24, 2.45) is 5.73 Å². The van der Waals surface area contributed by atoms with Crippen molar-refractivity contribution in [1.29, 1.82) is 0 Å². The summed E-state index contributed by atoms with van der Waals surface area (Å²) in [5, 5.41) is 5.21. The number of amides is 2. The third kappa shape index (κ3) is 6.22. The number of nitrogens with two attached hydrogens (primary N) is 1. The highest BCUT2D eigenvalue weighted by molar-refractivity contribution is 5.95. The fourth-order valence-corrected chi connectivity index (χ4v) is 1.58. The molecule has 0 aromatic heterocycles. The molecule has 2 amide bonds. The number of rotatable bonds is 6. The van der Waals surface area contributed by atoms with E-state index in [0.29, 0.717) is 0 Å². The van der Waals surface area contributed by atoms with Crippen LogP contribution in [-0.2, 0) is 16.0 Å². The van der Waals surface area contributed by atoms with Crippen molar-refractivity contribution in [3.63, 3.8) is 0 Å². The summed E-state index contributed by atoms with van der Waals surface area (Å²) in [4.78, 5) is 22.5. The van der Waals surface area contributed by atoms with Crippen molar-refractivity contribution in [3.8, 4) is 0 Å². The van der Waals surface area contributed by atoms with Gasteiger partial charge in [0.1, 0.15) is 0 Å². The molecular formula is C13H20ClN3O2. The molecule has 0 aliphatic rings. The van der Waals surface area contributed by atoms with Gasteiger partial charge in [0.15, 0.2) is 0 Å². The molecular weight excluding hydrogens is 266 g/mol. The van der Waals surface area contributed by atoms with E-state index in [4.69, 9.17) is 5.73 Å². The first-order valence-corrected chi connectivity index (χ1v) is 6.02. The number of hydrogen-bond donors (Lipinski definition) is 3. The number of halogens is 1. The van der Waals surface area contributed by atoms with Gasteiger partial charge in [-0.2, -0.15) is 0 Å². The number of aryl methyl sites for hydroxylation is 1. The average Bonchev–Trinajstić information content (AvgIpc) is 2.38. The second-order valence-corrected chi connectivity index (χ2v) is 3.94. The maximum atomic E-state index is 11.6. The zero-order valence-electron chi connectivity index (χ0n) is 10.9. The van der Waals surface area contributed by atoms with Crippen LogP contribution in [0.4, 0.5) is 5.69 Å². The Morgan fingerprint density at radius 3 is 2.53 bits per heavy atom. The van der Waals surface area contributed by atoms with E-state index in [-0.39, 0.29) is 37.3 Å². The van der Waals surface area contributed by atoms with Crippen LogP contribution in [0.1, 0.15) is 18.9 Å². The van der Waals surface area contributed by atoms with Gasteiger partial charge in [0.05, 0.1) is 13.1 Å². The Labute approximate surface area is 119 Å². The van der Waals surface area contributed by atoms with E-state index in [1.807, 2.05) is 24.3 Å². The average molecular weight is 286 g/mol. The van der Waals surface area contributed by atoms with Crippen molar-refractivity contribution in [2.75, 3.05) is 18.4 Å². The number of nitrogens with one attached hydrogen (secondary N) is 2. The summed E-state index contributed by atoms with van der Waals surface area (Å²) in [6, 6.07) is 7.65. The maximum absolute atomic E-state index is 11.6. The molecule has 1 aromatic carbocycles. The molecule has 0 aliphatic carbocycles. The number of para-hydroxylation sites is 1. The largest absolute Gasteiger partial charge is 0.346 e. The second kappa shape index (κ2) is 9.35. The van der Waals surface area contributed by atoms with Crippen LogP contribution >= 0.6 is 12.4 Å². The Morgan fingerprint density at radius 2 is 1.89 bits per heavy atom. The van der Waals surface area contributed by atoms with Gasteiger partial charge >= 0.3 is 0 Å². The molecule has 1 aromatic rings. The molecule has 0 bridgehead atoms. The molecule has 0 heterocycles. The topological polar surface area (TPSA) is 84.2 Å². The Morgan fingerprint density at radius 1 is 1.21 bits per heavy atom. The van der Waals surface area contributed by atoms with E-state index >= 15 is 0 Å². The molecule has 0 aliphatic heterocycles. The van der Waals surface area contributed by atoms with Crippen molar-refractivity contribution >= 4 is 29.9 Å². The first kappa shape index (κ1) is 17.4. The summed E-state index contributed by atoms with van der Waals surface area (Å²) >= 11 is 0. The zero-order valence-corrected chi connectivity index (χ0v) is 11.8. The first-order valence-electron chi connectivity index (χ1n) is 6.02. The van der Waals surface area contributed by atoms with Gasteiger partial charge in [-0.15, -0.1) is 12.4 Å². The highest BCUT2D eigenvalue weighted by Gasteiger charge is 2.07. The summed E-state index contributed by atoms with van der Waals surface area (Å²) < 4.78 is 0. The molecule has 106 valence electrons. The molecule has 6 heteroatoms. The Hall–Kier alpha value is -1.59. The molecule has 5 nitrogen and oxygen atoms in total. The van der Waals surface area contributed by atoms with Crippen LogP contribution < -0.4 is 16.4 Å². The molecule has 0 fully saturated rings. The van der Waals surface area contributed by atoms with E-state index in [2.05, 4.69) is 17.6 Å². The molecule has 0 radical (unpaired) electrons. The molecule has 4 N–H and O–H groups in total. The predicted molar refractivity (Wildman–Crippen MR) is 78.4 cm³/mol. The van der Waals surface area contributed by atoms with Gasteiger partial charge in [0.2, 0.25) is 11.8 Å². The van der Waals surface area contributed by atoms with Crippen LogP contribution in [0.5, 0.6) is 0 Å². The number of anilines is 1. The molecule has 1 rings (SSSR count). The van der Waals surface area contributed by atoms with Gasteiger partial charge < -0.3 is 16.4 Å². The van der Waals surface area contributed by atoms with Crippen LogP contribution in [0.25, 0.3) is 0 Å². The van der Waals surface area contributed by atoms with E-state index in [1.54, 1.807) is 0 Å². The van der Waals surface area contributed by atoms with Crippen LogP contribution in [0.2, 0.25) is 0 Å². The molecule has 0 saturated heterocycles. The van der Waals surface area contributed by atoms with Crippen molar-refractivity contribution in [3.05, 3.63) is 29.8 Å². The maximum Gasteiger partial charge on any atom is 0.243 e. The minimum absolute atomic E-state index is 0. The van der Waals surface area contributed by atoms with Gasteiger partial charge in [0, 0.05) is 5.69 Å². The summed E-state index contributed by atoms with van der Waals surface area (Å²) in [7, 11) is 0. The quantitative estimate of drug-likeness (QED) is 0.731. The minimum atomic E-state index is -0.341. The summed E-state index contributed by atoms with van der Waals surface area (Å²) in [6.07, 6.45) is 1.92. The third-order valence-corrected chi connectivity index (χ3v) is 2.44. The van der Waals surface area contributed by atoms with E-state index in [0.717, 1.165) is 24.1 Å². The summed E-state index contributed by atoms with van der Waals surface area (Å²) in [5.41, 5.74) is 7.02. The standard InChI is InChI=1S/C13H19N3O2.ClH/c1-2-5-10-6-3-4-7-11(10)16-13(18)9-15-12(17)8-14;/h3-4,6-7H,2,5,8-9,14H2,1H3,(H,15,17)(H,16,18);1H. The van der Waals surface area contributed by atoms with Gasteiger partial charge in [-0.05, 0) is 18.1 Å². The minimum Gasteiger partial charge on any atom is -0.346 e. The van der Waals surface area contributed by atoms with Crippen molar-refractivity contribution in [2.45, 2.75) is 19.8 Å². The summed E-state index contributed by atoms with van der Waals surface area (Å²) in [6.45, 7) is 1.91. The lowest BCUT2D eigenvalue weighted by atomic mass is 10.1. The lowest BCUT2D eigenvalue weighted by Gasteiger charge is -2.10. The highest BCUT2D eigenvalue weighted by atomic mass is 35.5. The lowest BCUT2D eigenvalue weighted by molar-refractivity contribution is -0.123. The molecule has 0 spiro atoms.